The van der Waals surface area contributed by atoms with E-state index >= 15 is 0 Å². The summed E-state index contributed by atoms with van der Waals surface area (Å²) in [6.45, 7) is 0.619. The Morgan fingerprint density at radius 2 is 2.04 bits per heavy atom. The van der Waals surface area contributed by atoms with Gasteiger partial charge in [0.25, 0.3) is 11.5 Å². The number of amides is 1. The van der Waals surface area contributed by atoms with Crippen molar-refractivity contribution in [2.75, 3.05) is 6.54 Å². The molecule has 1 amide bonds. The van der Waals surface area contributed by atoms with E-state index in [2.05, 4.69) is 20.4 Å². The smallest absolute Gasteiger partial charge is 0.271 e. The first-order valence-electron chi connectivity index (χ1n) is 7.75. The molecule has 0 saturated carbocycles. The average molecular weight is 334 g/mol. The van der Waals surface area contributed by atoms with E-state index in [1.807, 2.05) is 6.07 Å². The van der Waals surface area contributed by atoms with E-state index < -0.39 is 0 Å². The molecule has 0 unspecified atom stereocenters. The van der Waals surface area contributed by atoms with E-state index in [0.29, 0.717) is 29.6 Å². The van der Waals surface area contributed by atoms with Gasteiger partial charge in [-0.3, -0.25) is 14.2 Å². The van der Waals surface area contributed by atoms with Crippen molar-refractivity contribution in [1.29, 1.82) is 0 Å². The van der Waals surface area contributed by atoms with Gasteiger partial charge in [0, 0.05) is 19.3 Å². The van der Waals surface area contributed by atoms with Gasteiger partial charge in [-0.25, -0.2) is 14.5 Å². The lowest BCUT2D eigenvalue weighted by molar-refractivity contribution is 0.0947. The number of hydrogen-bond acceptors (Lipinski definition) is 5. The number of carbonyl (C=O) groups is 1. The highest BCUT2D eigenvalue weighted by Crippen LogP contribution is 2.04. The predicted molar refractivity (Wildman–Crippen MR) is 91.3 cm³/mol. The number of imidazole rings is 1. The number of para-hydroxylation sites is 1. The molecule has 0 aliphatic carbocycles. The van der Waals surface area contributed by atoms with E-state index in [0.717, 1.165) is 0 Å². The molecular weight excluding hydrogens is 320 g/mol. The molecular formula is C17H14N6O2. The maximum atomic E-state index is 12.4. The van der Waals surface area contributed by atoms with Gasteiger partial charge >= 0.3 is 0 Å². The summed E-state index contributed by atoms with van der Waals surface area (Å²) in [4.78, 5) is 33.0. The van der Waals surface area contributed by atoms with Crippen LogP contribution in [0.1, 0.15) is 10.5 Å². The van der Waals surface area contributed by atoms with Gasteiger partial charge in [0.2, 0.25) is 0 Å². The second-order valence-corrected chi connectivity index (χ2v) is 5.47. The standard InChI is InChI=1S/C17H14N6O2/c24-16(14-10-23-15(21-14)6-3-7-20-23)18-8-9-22-11-19-13-5-2-1-4-12(13)17(22)25/h1-7,10-11H,8-9H2,(H,18,24). The van der Waals surface area contributed by atoms with Crippen molar-refractivity contribution in [3.05, 3.63) is 71.2 Å². The molecule has 0 saturated heterocycles. The van der Waals surface area contributed by atoms with Crippen molar-refractivity contribution in [3.8, 4) is 0 Å². The molecule has 0 bridgehead atoms. The topological polar surface area (TPSA) is 94.2 Å². The summed E-state index contributed by atoms with van der Waals surface area (Å²) in [5.41, 5.74) is 1.41. The Bertz CT molecular complexity index is 1100. The lowest BCUT2D eigenvalue weighted by atomic mass is 10.2. The van der Waals surface area contributed by atoms with Crippen molar-refractivity contribution in [3.63, 3.8) is 0 Å². The lowest BCUT2D eigenvalue weighted by Gasteiger charge is -2.07. The Morgan fingerprint density at radius 3 is 2.92 bits per heavy atom. The summed E-state index contributed by atoms with van der Waals surface area (Å²) in [5, 5.41) is 7.38. The molecule has 0 aliphatic heterocycles. The lowest BCUT2D eigenvalue weighted by Crippen LogP contribution is -2.31. The van der Waals surface area contributed by atoms with Crippen LogP contribution in [-0.4, -0.2) is 36.6 Å². The summed E-state index contributed by atoms with van der Waals surface area (Å²) in [7, 11) is 0. The maximum absolute atomic E-state index is 12.4. The zero-order valence-electron chi connectivity index (χ0n) is 13.2. The molecule has 4 aromatic rings. The number of rotatable bonds is 4. The van der Waals surface area contributed by atoms with Gasteiger partial charge in [-0.2, -0.15) is 5.10 Å². The molecule has 4 rings (SSSR count). The van der Waals surface area contributed by atoms with Crippen LogP contribution in [-0.2, 0) is 6.54 Å². The Morgan fingerprint density at radius 1 is 1.16 bits per heavy atom. The van der Waals surface area contributed by atoms with Crippen molar-refractivity contribution in [1.82, 2.24) is 29.5 Å². The van der Waals surface area contributed by atoms with Gasteiger partial charge < -0.3 is 5.32 Å². The Kier molecular flexibility index (Phi) is 3.70. The minimum Gasteiger partial charge on any atom is -0.349 e. The monoisotopic (exact) mass is 334 g/mol. The van der Waals surface area contributed by atoms with Gasteiger partial charge in [0.1, 0.15) is 5.69 Å². The molecule has 8 nitrogen and oxygen atoms in total. The Hall–Kier alpha value is -3.55. The van der Waals surface area contributed by atoms with Crippen LogP contribution in [0.3, 0.4) is 0 Å². The number of nitrogens with zero attached hydrogens (tertiary/aromatic N) is 5. The van der Waals surface area contributed by atoms with Crippen LogP contribution in [0.25, 0.3) is 16.6 Å². The number of fused-ring (bicyclic) bond motifs is 2. The average Bonchev–Trinajstić information content (AvgIpc) is 3.08. The number of carbonyl (C=O) groups excluding carboxylic acids is 1. The molecule has 1 aromatic carbocycles. The van der Waals surface area contributed by atoms with Crippen LogP contribution in [0.5, 0.6) is 0 Å². The number of benzene rings is 1. The van der Waals surface area contributed by atoms with E-state index in [1.165, 1.54) is 15.4 Å². The van der Waals surface area contributed by atoms with Gasteiger partial charge in [0.15, 0.2) is 5.65 Å². The summed E-state index contributed by atoms with van der Waals surface area (Å²) < 4.78 is 3.01. The summed E-state index contributed by atoms with van der Waals surface area (Å²) in [6.07, 6.45) is 4.68. The third-order valence-electron chi connectivity index (χ3n) is 3.84. The minimum absolute atomic E-state index is 0.128. The summed E-state index contributed by atoms with van der Waals surface area (Å²) in [6, 6.07) is 10.7. The largest absolute Gasteiger partial charge is 0.349 e. The highest BCUT2D eigenvalue weighted by Gasteiger charge is 2.11. The van der Waals surface area contributed by atoms with Gasteiger partial charge in [0.05, 0.1) is 23.4 Å². The fraction of sp³-hybridized carbons (Fsp3) is 0.118. The van der Waals surface area contributed by atoms with Crippen molar-refractivity contribution < 1.29 is 4.79 Å². The molecule has 124 valence electrons. The minimum atomic E-state index is -0.313. The van der Waals surface area contributed by atoms with E-state index in [-0.39, 0.29) is 17.2 Å². The zero-order chi connectivity index (χ0) is 17.2. The predicted octanol–water partition coefficient (Wildman–Crippen LogP) is 0.869. The molecule has 3 heterocycles. The van der Waals surface area contributed by atoms with Crippen LogP contribution < -0.4 is 10.9 Å². The molecule has 0 atom stereocenters. The van der Waals surface area contributed by atoms with E-state index in [1.54, 1.807) is 42.7 Å². The SMILES string of the molecule is O=C(NCCn1cnc2ccccc2c1=O)c1cn2ncccc2n1. The quantitative estimate of drug-likeness (QED) is 0.597. The first kappa shape index (κ1) is 15.0. The molecule has 3 aromatic heterocycles. The second kappa shape index (κ2) is 6.16. The highest BCUT2D eigenvalue weighted by molar-refractivity contribution is 5.92. The first-order valence-corrected chi connectivity index (χ1v) is 7.75. The van der Waals surface area contributed by atoms with Crippen molar-refractivity contribution in [2.24, 2.45) is 0 Å². The van der Waals surface area contributed by atoms with Crippen LogP contribution in [0, 0.1) is 0 Å². The molecule has 0 aliphatic rings. The number of aromatic nitrogens is 5. The van der Waals surface area contributed by atoms with Crippen LogP contribution in [0.2, 0.25) is 0 Å². The fourth-order valence-electron chi connectivity index (χ4n) is 2.59. The molecule has 8 heteroatoms. The van der Waals surface area contributed by atoms with Gasteiger partial charge in [-0.15, -0.1) is 0 Å². The highest BCUT2D eigenvalue weighted by atomic mass is 16.2. The van der Waals surface area contributed by atoms with Crippen LogP contribution >= 0.6 is 0 Å². The number of nitrogens with one attached hydrogen (secondary N) is 1. The Balaban J connectivity index is 1.46. The normalized spacial score (nSPS) is 11.0. The Labute approximate surface area is 141 Å². The van der Waals surface area contributed by atoms with Crippen LogP contribution in [0.15, 0.2) is 59.9 Å². The van der Waals surface area contributed by atoms with Crippen LogP contribution in [0.4, 0.5) is 0 Å². The molecule has 0 radical (unpaired) electrons. The zero-order valence-corrected chi connectivity index (χ0v) is 13.2. The van der Waals surface area contributed by atoms with Crippen molar-refractivity contribution in [2.45, 2.75) is 6.54 Å². The fourth-order valence-corrected chi connectivity index (χ4v) is 2.59. The van der Waals surface area contributed by atoms with Gasteiger partial charge in [-0.05, 0) is 24.3 Å². The van der Waals surface area contributed by atoms with E-state index in [4.69, 9.17) is 0 Å². The third-order valence-corrected chi connectivity index (χ3v) is 3.84. The molecule has 25 heavy (non-hydrogen) atoms. The number of hydrogen-bond donors (Lipinski definition) is 1. The van der Waals surface area contributed by atoms with E-state index in [9.17, 15) is 9.59 Å². The maximum Gasteiger partial charge on any atom is 0.271 e. The summed E-state index contributed by atoms with van der Waals surface area (Å²) in [5.74, 6) is -0.313. The van der Waals surface area contributed by atoms with Crippen molar-refractivity contribution >= 4 is 22.5 Å². The van der Waals surface area contributed by atoms with Gasteiger partial charge in [-0.1, -0.05) is 12.1 Å². The molecule has 1 N–H and O–H groups in total. The molecule has 0 fully saturated rings. The second-order valence-electron chi connectivity index (χ2n) is 5.47. The third kappa shape index (κ3) is 2.85. The summed E-state index contributed by atoms with van der Waals surface area (Å²) >= 11 is 0. The first-order chi connectivity index (χ1) is 12.2. The molecule has 0 spiro atoms.